The number of nitrogens with zero attached hydrogens (tertiary/aromatic N) is 1. The third kappa shape index (κ3) is 7.96. The quantitative estimate of drug-likeness (QED) is 0.660. The van der Waals surface area contributed by atoms with E-state index in [9.17, 15) is 9.59 Å². The lowest BCUT2D eigenvalue weighted by Gasteiger charge is -2.39. The lowest BCUT2D eigenvalue weighted by molar-refractivity contribution is -0.133. The number of ether oxygens (including phenoxy) is 1. The minimum Gasteiger partial charge on any atom is -0.444 e. The first-order valence-electron chi connectivity index (χ1n) is 11.3. The van der Waals surface area contributed by atoms with E-state index < -0.39 is 26.8 Å². The highest BCUT2D eigenvalue weighted by atomic mass is 28.3. The molecule has 2 rings (SSSR count). The number of amides is 2. The van der Waals surface area contributed by atoms with Crippen LogP contribution in [0.25, 0.3) is 0 Å². The zero-order valence-electron chi connectivity index (χ0n) is 20.5. The van der Waals surface area contributed by atoms with Crippen molar-refractivity contribution >= 4 is 21.0 Å². The molecule has 31 heavy (non-hydrogen) atoms. The van der Waals surface area contributed by atoms with E-state index in [1.807, 2.05) is 37.8 Å². The van der Waals surface area contributed by atoms with E-state index in [1.54, 1.807) is 0 Å². The number of hydrogen-bond acceptors (Lipinski definition) is 4. The van der Waals surface area contributed by atoms with Crippen LogP contribution in [0.5, 0.6) is 0 Å². The standard InChI is InChI=1S/C24H40N2O4Si/c1-23(2,3)21(30-31(7)8)19(25-22(28)29-24(4,5)6)15-20(27)26-14-13-17-11-9-10-12-18(17)16-26/h9-12,19,21,31H,13-16H2,1-8H3,(H,25,28). The molecule has 6 nitrogen and oxygen atoms in total. The first kappa shape index (κ1) is 25.4. The van der Waals surface area contributed by atoms with Crippen LogP contribution in [0.1, 0.15) is 59.1 Å². The highest BCUT2D eigenvalue weighted by Crippen LogP contribution is 2.28. The van der Waals surface area contributed by atoms with Crippen molar-refractivity contribution in [1.82, 2.24) is 10.2 Å². The summed E-state index contributed by atoms with van der Waals surface area (Å²) in [6.45, 7) is 17.2. The SMILES string of the molecule is C[SiH](C)OC(C(CC(=O)N1CCc2ccccc2C1)NC(=O)OC(C)(C)C)C(C)(C)C. The topological polar surface area (TPSA) is 67.9 Å². The molecule has 0 spiro atoms. The molecule has 0 radical (unpaired) electrons. The van der Waals surface area contributed by atoms with Gasteiger partial charge in [-0.2, -0.15) is 0 Å². The number of fused-ring (bicyclic) bond motifs is 1. The number of alkyl carbamates (subject to hydrolysis) is 1. The number of carbonyl (C=O) groups is 2. The molecule has 2 amide bonds. The molecule has 1 aromatic carbocycles. The Morgan fingerprint density at radius 3 is 2.26 bits per heavy atom. The number of nitrogens with one attached hydrogen (secondary N) is 1. The molecule has 174 valence electrons. The monoisotopic (exact) mass is 448 g/mol. The van der Waals surface area contributed by atoms with Gasteiger partial charge in [0.2, 0.25) is 5.91 Å². The van der Waals surface area contributed by atoms with Gasteiger partial charge in [0.1, 0.15) is 5.60 Å². The number of hydrogen-bond donors (Lipinski definition) is 1. The van der Waals surface area contributed by atoms with Crippen LogP contribution in [0.15, 0.2) is 24.3 Å². The molecule has 1 aliphatic rings. The van der Waals surface area contributed by atoms with Gasteiger partial charge in [0.25, 0.3) is 0 Å². The van der Waals surface area contributed by atoms with Gasteiger partial charge in [-0.25, -0.2) is 4.79 Å². The highest BCUT2D eigenvalue weighted by Gasteiger charge is 2.38. The molecule has 0 aliphatic carbocycles. The summed E-state index contributed by atoms with van der Waals surface area (Å²) in [6.07, 6.45) is 0.236. The Morgan fingerprint density at radius 1 is 1.10 bits per heavy atom. The smallest absolute Gasteiger partial charge is 0.407 e. The molecule has 1 aromatic rings. The normalized spacial score (nSPS) is 16.5. The molecule has 1 N–H and O–H groups in total. The van der Waals surface area contributed by atoms with Crippen molar-refractivity contribution in [2.75, 3.05) is 6.54 Å². The molecule has 1 heterocycles. The maximum absolute atomic E-state index is 13.3. The summed E-state index contributed by atoms with van der Waals surface area (Å²) >= 11 is 0. The van der Waals surface area contributed by atoms with Crippen molar-refractivity contribution < 1.29 is 18.8 Å². The fourth-order valence-electron chi connectivity index (χ4n) is 3.91. The van der Waals surface area contributed by atoms with Gasteiger partial charge < -0.3 is 19.4 Å². The molecule has 1 aliphatic heterocycles. The van der Waals surface area contributed by atoms with E-state index >= 15 is 0 Å². The van der Waals surface area contributed by atoms with E-state index in [-0.39, 0.29) is 23.8 Å². The second-order valence-electron chi connectivity index (χ2n) is 10.8. The molecule has 2 unspecified atom stereocenters. The average Bonchev–Trinajstić information content (AvgIpc) is 2.62. The molecule has 7 heteroatoms. The fourth-order valence-corrected chi connectivity index (χ4v) is 5.10. The molecule has 2 atom stereocenters. The van der Waals surface area contributed by atoms with Gasteiger partial charge in [-0.3, -0.25) is 4.79 Å². The van der Waals surface area contributed by atoms with Gasteiger partial charge >= 0.3 is 6.09 Å². The molecule has 0 saturated carbocycles. The van der Waals surface area contributed by atoms with Crippen molar-refractivity contribution in [2.24, 2.45) is 5.41 Å². The molecular formula is C24H40N2O4Si. The summed E-state index contributed by atoms with van der Waals surface area (Å²) in [4.78, 5) is 27.8. The maximum atomic E-state index is 13.3. The Hall–Kier alpha value is -1.86. The van der Waals surface area contributed by atoms with Gasteiger partial charge in [-0.15, -0.1) is 0 Å². The summed E-state index contributed by atoms with van der Waals surface area (Å²) in [5.41, 5.74) is 1.64. The number of benzene rings is 1. The first-order chi connectivity index (χ1) is 14.3. The van der Waals surface area contributed by atoms with Crippen LogP contribution in [-0.2, 0) is 26.9 Å². The molecular weight excluding hydrogens is 408 g/mol. The highest BCUT2D eigenvalue weighted by molar-refractivity contribution is 6.48. The third-order valence-corrected chi connectivity index (χ3v) is 6.06. The largest absolute Gasteiger partial charge is 0.444 e. The van der Waals surface area contributed by atoms with Crippen molar-refractivity contribution in [3.05, 3.63) is 35.4 Å². The second-order valence-corrected chi connectivity index (χ2v) is 13.1. The van der Waals surface area contributed by atoms with Crippen molar-refractivity contribution in [3.8, 4) is 0 Å². The summed E-state index contributed by atoms with van der Waals surface area (Å²) < 4.78 is 11.8. The van der Waals surface area contributed by atoms with Crippen LogP contribution in [-0.4, -0.2) is 50.2 Å². The minimum atomic E-state index is -1.41. The van der Waals surface area contributed by atoms with Gasteiger partial charge in [0, 0.05) is 19.5 Å². The molecule has 0 saturated heterocycles. The van der Waals surface area contributed by atoms with Crippen LogP contribution in [0.4, 0.5) is 4.79 Å². The Balaban J connectivity index is 2.20. The first-order valence-corrected chi connectivity index (χ1v) is 14.0. The predicted molar refractivity (Wildman–Crippen MR) is 127 cm³/mol. The van der Waals surface area contributed by atoms with E-state index in [0.717, 1.165) is 6.42 Å². The Morgan fingerprint density at radius 2 is 1.71 bits per heavy atom. The summed E-state index contributed by atoms with van der Waals surface area (Å²) in [7, 11) is -1.41. The van der Waals surface area contributed by atoms with Crippen LogP contribution in [0.2, 0.25) is 13.1 Å². The number of carbonyl (C=O) groups excluding carboxylic acids is 2. The van der Waals surface area contributed by atoms with Gasteiger partial charge in [0.15, 0.2) is 9.04 Å². The zero-order valence-corrected chi connectivity index (χ0v) is 21.6. The van der Waals surface area contributed by atoms with Crippen LogP contribution in [0.3, 0.4) is 0 Å². The lowest BCUT2D eigenvalue weighted by Crippen LogP contribution is -2.54. The summed E-state index contributed by atoms with van der Waals surface area (Å²) in [5, 5.41) is 2.96. The van der Waals surface area contributed by atoms with Crippen LogP contribution >= 0.6 is 0 Å². The zero-order chi connectivity index (χ0) is 23.4. The van der Waals surface area contributed by atoms with Crippen molar-refractivity contribution in [1.29, 1.82) is 0 Å². The van der Waals surface area contributed by atoms with Gasteiger partial charge in [-0.1, -0.05) is 45.0 Å². The third-order valence-electron chi connectivity index (χ3n) is 5.22. The maximum Gasteiger partial charge on any atom is 0.407 e. The van der Waals surface area contributed by atoms with Crippen LogP contribution in [0, 0.1) is 5.41 Å². The van der Waals surface area contributed by atoms with Gasteiger partial charge in [0.05, 0.1) is 12.1 Å². The van der Waals surface area contributed by atoms with Crippen molar-refractivity contribution in [3.63, 3.8) is 0 Å². The fraction of sp³-hybridized carbons (Fsp3) is 0.667. The lowest BCUT2D eigenvalue weighted by atomic mass is 9.83. The Bertz CT molecular complexity index is 768. The van der Waals surface area contributed by atoms with E-state index in [2.05, 4.69) is 51.3 Å². The van der Waals surface area contributed by atoms with Crippen LogP contribution < -0.4 is 5.32 Å². The Kier molecular flexibility index (Phi) is 8.33. The minimum absolute atomic E-state index is 0.0267. The molecule has 0 bridgehead atoms. The van der Waals surface area contributed by atoms with E-state index in [0.29, 0.717) is 13.1 Å². The van der Waals surface area contributed by atoms with Gasteiger partial charge in [-0.05, 0) is 56.8 Å². The van der Waals surface area contributed by atoms with Crippen molar-refractivity contribution in [2.45, 2.75) is 91.8 Å². The molecule has 0 fully saturated rings. The summed E-state index contributed by atoms with van der Waals surface area (Å²) in [6, 6.07) is 7.79. The Labute approximate surface area is 189 Å². The number of rotatable bonds is 6. The molecule has 0 aromatic heterocycles. The average molecular weight is 449 g/mol. The second kappa shape index (κ2) is 10.2. The summed E-state index contributed by atoms with van der Waals surface area (Å²) in [5.74, 6) is 0.0267. The van der Waals surface area contributed by atoms with E-state index in [4.69, 9.17) is 9.16 Å². The predicted octanol–water partition coefficient (Wildman–Crippen LogP) is 4.27. The van der Waals surface area contributed by atoms with E-state index in [1.165, 1.54) is 11.1 Å².